The molecule has 1 saturated carbocycles. The monoisotopic (exact) mass is 187 g/mol. The van der Waals surface area contributed by atoms with Gasteiger partial charge in [-0.3, -0.25) is 4.79 Å². The molecule has 3 rings (SSSR count). The minimum Gasteiger partial charge on any atom is -0.315 e. The van der Waals surface area contributed by atoms with Crippen molar-refractivity contribution in [2.75, 3.05) is 13.1 Å². The fourth-order valence-corrected chi connectivity index (χ4v) is 2.57. The van der Waals surface area contributed by atoms with Gasteiger partial charge in [-0.05, 0) is 18.9 Å². The average Bonchev–Trinajstić information content (AvgIpc) is 2.82. The first-order valence-corrected chi connectivity index (χ1v) is 5.13. The summed E-state index contributed by atoms with van der Waals surface area (Å²) in [6.07, 6.45) is 1.09. The van der Waals surface area contributed by atoms with Gasteiger partial charge in [-0.2, -0.15) is 0 Å². The molecule has 2 aliphatic rings. The Kier molecular flexibility index (Phi) is 1.56. The minimum atomic E-state index is -0.0264. The fraction of sp³-hybridized carbons (Fsp3) is 0.417. The molecular weight excluding hydrogens is 174 g/mol. The second-order valence-corrected chi connectivity index (χ2v) is 4.38. The average molecular weight is 187 g/mol. The van der Waals surface area contributed by atoms with E-state index >= 15 is 0 Å². The SMILES string of the molecule is O=C(c1ccccc1)C12CNCC1C2. The molecule has 2 atom stereocenters. The summed E-state index contributed by atoms with van der Waals surface area (Å²) in [5, 5.41) is 3.29. The molecule has 0 aromatic heterocycles. The first kappa shape index (κ1) is 8.18. The Balaban J connectivity index is 1.91. The van der Waals surface area contributed by atoms with Crippen molar-refractivity contribution in [3.63, 3.8) is 0 Å². The highest BCUT2D eigenvalue weighted by Crippen LogP contribution is 2.56. The maximum absolute atomic E-state index is 12.2. The highest BCUT2D eigenvalue weighted by molar-refractivity contribution is 6.03. The van der Waals surface area contributed by atoms with Crippen LogP contribution in [0.25, 0.3) is 0 Å². The third kappa shape index (κ3) is 0.976. The molecule has 14 heavy (non-hydrogen) atoms. The zero-order valence-electron chi connectivity index (χ0n) is 7.99. The van der Waals surface area contributed by atoms with Crippen molar-refractivity contribution in [3.05, 3.63) is 35.9 Å². The summed E-state index contributed by atoms with van der Waals surface area (Å²) in [6.45, 7) is 1.91. The third-order valence-corrected chi connectivity index (χ3v) is 3.55. The molecule has 0 radical (unpaired) electrons. The van der Waals surface area contributed by atoms with Crippen LogP contribution in [0.15, 0.2) is 30.3 Å². The first-order chi connectivity index (χ1) is 6.83. The van der Waals surface area contributed by atoms with E-state index in [-0.39, 0.29) is 5.41 Å². The second kappa shape index (κ2) is 2.67. The zero-order valence-corrected chi connectivity index (χ0v) is 7.99. The number of benzene rings is 1. The Morgan fingerprint density at radius 2 is 2.14 bits per heavy atom. The van der Waals surface area contributed by atoms with E-state index in [2.05, 4.69) is 5.32 Å². The Morgan fingerprint density at radius 3 is 2.71 bits per heavy atom. The van der Waals surface area contributed by atoms with Crippen molar-refractivity contribution in [1.82, 2.24) is 5.32 Å². The molecule has 1 saturated heterocycles. The molecule has 1 heterocycles. The normalized spacial score (nSPS) is 33.9. The quantitative estimate of drug-likeness (QED) is 0.710. The van der Waals surface area contributed by atoms with Gasteiger partial charge >= 0.3 is 0 Å². The number of nitrogens with one attached hydrogen (secondary N) is 1. The van der Waals surface area contributed by atoms with Gasteiger partial charge in [0.05, 0.1) is 5.41 Å². The lowest BCUT2D eigenvalue weighted by molar-refractivity contribution is 0.0903. The Labute approximate surface area is 83.3 Å². The predicted molar refractivity (Wildman–Crippen MR) is 54.2 cm³/mol. The molecule has 2 unspecified atom stereocenters. The van der Waals surface area contributed by atoms with Crippen LogP contribution in [0.2, 0.25) is 0 Å². The zero-order chi connectivity index (χ0) is 9.60. The molecule has 0 spiro atoms. The maximum Gasteiger partial charge on any atom is 0.170 e. The van der Waals surface area contributed by atoms with Crippen molar-refractivity contribution < 1.29 is 4.79 Å². The van der Waals surface area contributed by atoms with E-state index in [0.29, 0.717) is 11.7 Å². The smallest absolute Gasteiger partial charge is 0.170 e. The first-order valence-electron chi connectivity index (χ1n) is 5.13. The number of hydrogen-bond acceptors (Lipinski definition) is 2. The number of rotatable bonds is 2. The van der Waals surface area contributed by atoms with Gasteiger partial charge in [-0.25, -0.2) is 0 Å². The van der Waals surface area contributed by atoms with Gasteiger partial charge in [-0.1, -0.05) is 30.3 Å². The molecule has 2 nitrogen and oxygen atoms in total. The van der Waals surface area contributed by atoms with Gasteiger partial charge < -0.3 is 5.32 Å². The van der Waals surface area contributed by atoms with Crippen LogP contribution in [0.3, 0.4) is 0 Å². The van der Waals surface area contributed by atoms with Gasteiger partial charge in [0, 0.05) is 12.1 Å². The number of fused-ring (bicyclic) bond motifs is 1. The Morgan fingerprint density at radius 1 is 1.36 bits per heavy atom. The summed E-state index contributed by atoms with van der Waals surface area (Å²) in [6, 6.07) is 9.66. The fourth-order valence-electron chi connectivity index (χ4n) is 2.57. The standard InChI is InChI=1S/C12H13NO/c14-11(9-4-2-1-3-5-9)12-6-10(12)7-13-8-12/h1-5,10,13H,6-8H2. The number of Topliss-reactive ketones (excluding diaryl/α,β-unsaturated/α-hetero) is 1. The van der Waals surface area contributed by atoms with Crippen LogP contribution in [-0.2, 0) is 0 Å². The van der Waals surface area contributed by atoms with Gasteiger partial charge in [0.15, 0.2) is 5.78 Å². The topological polar surface area (TPSA) is 29.1 Å². The van der Waals surface area contributed by atoms with Crippen LogP contribution in [0.4, 0.5) is 0 Å². The van der Waals surface area contributed by atoms with E-state index in [0.717, 1.165) is 25.1 Å². The van der Waals surface area contributed by atoms with Crippen molar-refractivity contribution in [2.24, 2.45) is 11.3 Å². The van der Waals surface area contributed by atoms with Gasteiger partial charge in [0.25, 0.3) is 0 Å². The second-order valence-electron chi connectivity index (χ2n) is 4.38. The molecule has 1 aliphatic heterocycles. The molecule has 1 aromatic carbocycles. The number of ketones is 1. The van der Waals surface area contributed by atoms with E-state index in [9.17, 15) is 4.79 Å². The predicted octanol–water partition coefficient (Wildman–Crippen LogP) is 1.48. The highest BCUT2D eigenvalue weighted by atomic mass is 16.1. The van der Waals surface area contributed by atoms with Gasteiger partial charge in [0.1, 0.15) is 0 Å². The van der Waals surface area contributed by atoms with Crippen LogP contribution in [0.1, 0.15) is 16.8 Å². The lowest BCUT2D eigenvalue weighted by Gasteiger charge is -2.09. The summed E-state index contributed by atoms with van der Waals surface area (Å²) >= 11 is 0. The maximum atomic E-state index is 12.2. The van der Waals surface area contributed by atoms with Crippen LogP contribution in [0.5, 0.6) is 0 Å². The number of carbonyl (C=O) groups excluding carboxylic acids is 1. The summed E-state index contributed by atoms with van der Waals surface area (Å²) in [7, 11) is 0. The summed E-state index contributed by atoms with van der Waals surface area (Å²) in [4.78, 5) is 12.2. The number of piperidine rings is 1. The molecular formula is C12H13NO. The lowest BCUT2D eigenvalue weighted by atomic mass is 9.94. The van der Waals surface area contributed by atoms with Crippen LogP contribution in [-0.4, -0.2) is 18.9 Å². The van der Waals surface area contributed by atoms with Crippen LogP contribution >= 0.6 is 0 Å². The summed E-state index contributed by atoms with van der Waals surface area (Å²) in [5.74, 6) is 0.948. The van der Waals surface area contributed by atoms with Crippen LogP contribution in [0, 0.1) is 11.3 Å². The lowest BCUT2D eigenvalue weighted by Crippen LogP contribution is -2.24. The minimum absolute atomic E-state index is 0.0264. The van der Waals surface area contributed by atoms with Gasteiger partial charge in [0.2, 0.25) is 0 Å². The number of hydrogen-bond donors (Lipinski definition) is 1. The number of carbonyl (C=O) groups is 1. The van der Waals surface area contributed by atoms with Crippen molar-refractivity contribution in [3.8, 4) is 0 Å². The molecule has 1 aromatic rings. The summed E-state index contributed by atoms with van der Waals surface area (Å²) in [5.41, 5.74) is 0.847. The van der Waals surface area contributed by atoms with Crippen LogP contribution < -0.4 is 5.32 Å². The molecule has 1 aliphatic carbocycles. The van der Waals surface area contributed by atoms with Crippen molar-refractivity contribution in [1.29, 1.82) is 0 Å². The molecule has 0 bridgehead atoms. The molecule has 1 N–H and O–H groups in total. The largest absolute Gasteiger partial charge is 0.315 e. The van der Waals surface area contributed by atoms with Gasteiger partial charge in [-0.15, -0.1) is 0 Å². The highest BCUT2D eigenvalue weighted by Gasteiger charge is 2.61. The molecule has 0 amide bonds. The van der Waals surface area contributed by atoms with Crippen molar-refractivity contribution in [2.45, 2.75) is 6.42 Å². The molecule has 2 heteroatoms. The van der Waals surface area contributed by atoms with E-state index in [1.54, 1.807) is 0 Å². The van der Waals surface area contributed by atoms with E-state index in [1.807, 2.05) is 30.3 Å². The Bertz CT molecular complexity index is 373. The van der Waals surface area contributed by atoms with Crippen molar-refractivity contribution >= 4 is 5.78 Å². The molecule has 2 fully saturated rings. The molecule has 72 valence electrons. The van der Waals surface area contributed by atoms with E-state index in [4.69, 9.17) is 0 Å². The summed E-state index contributed by atoms with van der Waals surface area (Å²) < 4.78 is 0. The van der Waals surface area contributed by atoms with E-state index in [1.165, 1.54) is 0 Å². The van der Waals surface area contributed by atoms with E-state index < -0.39 is 0 Å². The Hall–Kier alpha value is -1.15. The third-order valence-electron chi connectivity index (χ3n) is 3.55.